The van der Waals surface area contributed by atoms with Crippen molar-refractivity contribution in [1.82, 2.24) is 9.88 Å². The van der Waals surface area contributed by atoms with Gasteiger partial charge in [0.2, 0.25) is 5.91 Å². The van der Waals surface area contributed by atoms with Gasteiger partial charge >= 0.3 is 0 Å². The molecule has 4 rings (SSSR count). The normalized spacial score (nSPS) is 16.8. The van der Waals surface area contributed by atoms with Gasteiger partial charge in [0.05, 0.1) is 10.6 Å². The van der Waals surface area contributed by atoms with Gasteiger partial charge in [0.15, 0.2) is 5.17 Å². The zero-order chi connectivity index (χ0) is 19.7. The lowest BCUT2D eigenvalue weighted by Crippen LogP contribution is -2.19. The molecule has 0 radical (unpaired) electrons. The third kappa shape index (κ3) is 3.70. The number of nitrogens with one attached hydrogen (secondary N) is 1. The van der Waals surface area contributed by atoms with Gasteiger partial charge in [-0.25, -0.2) is 4.99 Å². The van der Waals surface area contributed by atoms with E-state index in [1.54, 1.807) is 4.57 Å². The highest BCUT2D eigenvalue weighted by atomic mass is 32.2. The number of aryl methyl sites for hydroxylation is 1. The molecule has 6 nitrogen and oxygen atoms in total. The van der Waals surface area contributed by atoms with E-state index in [1.165, 1.54) is 11.8 Å². The van der Waals surface area contributed by atoms with Crippen LogP contribution >= 0.6 is 11.8 Å². The zero-order valence-electron chi connectivity index (χ0n) is 15.2. The van der Waals surface area contributed by atoms with Gasteiger partial charge < -0.3 is 15.6 Å². The highest BCUT2D eigenvalue weighted by molar-refractivity contribution is 8.18. The molecule has 0 bridgehead atoms. The van der Waals surface area contributed by atoms with Crippen LogP contribution in [0.25, 0.3) is 17.0 Å². The first-order valence-electron chi connectivity index (χ1n) is 8.72. The maximum atomic E-state index is 12.4. The SMILES string of the molecule is Cc1ccc(N=C2NC(=O)C(=Cc3cn(CC(N)=O)c4ccccc34)S2)cc1. The molecule has 1 fully saturated rings. The number of amides is 2. The molecule has 140 valence electrons. The molecule has 1 saturated heterocycles. The van der Waals surface area contributed by atoms with Gasteiger partial charge in [-0.2, -0.15) is 0 Å². The number of primary amides is 1. The maximum Gasteiger partial charge on any atom is 0.264 e. The Hall–Kier alpha value is -3.32. The number of hydrogen-bond donors (Lipinski definition) is 2. The molecular weight excluding hydrogens is 372 g/mol. The third-order valence-corrected chi connectivity index (χ3v) is 5.26. The van der Waals surface area contributed by atoms with E-state index in [2.05, 4.69) is 10.3 Å². The predicted octanol–water partition coefficient (Wildman–Crippen LogP) is 3.33. The first-order valence-corrected chi connectivity index (χ1v) is 9.54. The molecule has 3 aromatic rings. The largest absolute Gasteiger partial charge is 0.368 e. The Morgan fingerprint density at radius 1 is 1.21 bits per heavy atom. The van der Waals surface area contributed by atoms with E-state index in [0.717, 1.165) is 27.7 Å². The highest BCUT2D eigenvalue weighted by Gasteiger charge is 2.24. The van der Waals surface area contributed by atoms with Gasteiger partial charge in [0.1, 0.15) is 6.54 Å². The molecular formula is C21H18N4O2S. The smallest absolute Gasteiger partial charge is 0.264 e. The Balaban J connectivity index is 1.67. The van der Waals surface area contributed by atoms with Crippen LogP contribution in [-0.2, 0) is 16.1 Å². The number of rotatable bonds is 4. The minimum atomic E-state index is -0.416. The molecule has 1 aliphatic heterocycles. The molecule has 2 amide bonds. The number of carbonyl (C=O) groups excluding carboxylic acids is 2. The van der Waals surface area contributed by atoms with Crippen LogP contribution < -0.4 is 11.1 Å². The Bertz CT molecular complexity index is 1140. The molecule has 1 aliphatic rings. The molecule has 1 aromatic heterocycles. The van der Waals surface area contributed by atoms with E-state index in [4.69, 9.17) is 5.73 Å². The van der Waals surface area contributed by atoms with Gasteiger partial charge in [-0.3, -0.25) is 9.59 Å². The second kappa shape index (κ2) is 7.36. The van der Waals surface area contributed by atoms with E-state index < -0.39 is 5.91 Å². The van der Waals surface area contributed by atoms with E-state index in [-0.39, 0.29) is 12.5 Å². The Morgan fingerprint density at radius 2 is 1.96 bits per heavy atom. The molecule has 0 saturated carbocycles. The van der Waals surface area contributed by atoms with Crippen LogP contribution in [-0.4, -0.2) is 21.5 Å². The van der Waals surface area contributed by atoms with Crippen molar-refractivity contribution in [2.75, 3.05) is 0 Å². The number of fused-ring (bicyclic) bond motifs is 1. The molecule has 3 N–H and O–H groups in total. The van der Waals surface area contributed by atoms with Crippen LogP contribution in [0.1, 0.15) is 11.1 Å². The molecule has 2 aromatic carbocycles. The van der Waals surface area contributed by atoms with Crippen LogP contribution in [0.5, 0.6) is 0 Å². The van der Waals surface area contributed by atoms with E-state index in [1.807, 2.05) is 67.7 Å². The van der Waals surface area contributed by atoms with Crippen molar-refractivity contribution < 1.29 is 9.59 Å². The monoisotopic (exact) mass is 390 g/mol. The number of nitrogens with two attached hydrogens (primary N) is 1. The summed E-state index contributed by atoms with van der Waals surface area (Å²) in [7, 11) is 0. The molecule has 7 heteroatoms. The molecule has 0 spiro atoms. The summed E-state index contributed by atoms with van der Waals surface area (Å²) in [6.45, 7) is 2.10. The first-order chi connectivity index (χ1) is 13.5. The van der Waals surface area contributed by atoms with Crippen molar-refractivity contribution >= 4 is 51.4 Å². The van der Waals surface area contributed by atoms with Gasteiger partial charge in [-0.15, -0.1) is 0 Å². The number of amidine groups is 1. The fourth-order valence-electron chi connectivity index (χ4n) is 3.05. The number of carbonyl (C=O) groups is 2. The Kier molecular flexibility index (Phi) is 4.75. The molecule has 28 heavy (non-hydrogen) atoms. The number of aliphatic imine (C=N–C) groups is 1. The lowest BCUT2D eigenvalue weighted by atomic mass is 10.1. The van der Waals surface area contributed by atoms with E-state index in [0.29, 0.717) is 10.1 Å². The summed E-state index contributed by atoms with van der Waals surface area (Å²) in [6, 6.07) is 15.5. The number of para-hydroxylation sites is 1. The molecule has 0 unspecified atom stereocenters. The summed E-state index contributed by atoms with van der Waals surface area (Å²) in [5, 5.41) is 4.29. The zero-order valence-corrected chi connectivity index (χ0v) is 16.0. The number of hydrogen-bond acceptors (Lipinski definition) is 4. The Morgan fingerprint density at radius 3 is 2.71 bits per heavy atom. The lowest BCUT2D eigenvalue weighted by Gasteiger charge is -2.00. The van der Waals surface area contributed by atoms with Crippen LogP contribution in [0.3, 0.4) is 0 Å². The van der Waals surface area contributed by atoms with Gasteiger partial charge in [-0.1, -0.05) is 35.9 Å². The van der Waals surface area contributed by atoms with Crippen LogP contribution in [0.4, 0.5) is 5.69 Å². The number of aromatic nitrogens is 1. The highest BCUT2D eigenvalue weighted by Crippen LogP contribution is 2.31. The summed E-state index contributed by atoms with van der Waals surface area (Å²) >= 11 is 1.29. The van der Waals surface area contributed by atoms with Crippen molar-refractivity contribution in [2.45, 2.75) is 13.5 Å². The molecule has 2 heterocycles. The van der Waals surface area contributed by atoms with Gasteiger partial charge in [-0.05, 0) is 43.0 Å². The van der Waals surface area contributed by atoms with Crippen molar-refractivity contribution in [1.29, 1.82) is 0 Å². The minimum Gasteiger partial charge on any atom is -0.368 e. The van der Waals surface area contributed by atoms with Crippen LogP contribution in [0.2, 0.25) is 0 Å². The minimum absolute atomic E-state index is 0.0865. The quantitative estimate of drug-likeness (QED) is 0.670. The fourth-order valence-corrected chi connectivity index (χ4v) is 3.88. The number of nitrogens with zero attached hydrogens (tertiary/aromatic N) is 2. The fraction of sp³-hybridized carbons (Fsp3) is 0.0952. The van der Waals surface area contributed by atoms with Crippen molar-refractivity contribution in [3.63, 3.8) is 0 Å². The number of benzene rings is 2. The summed E-state index contributed by atoms with van der Waals surface area (Å²) in [5.74, 6) is -0.608. The van der Waals surface area contributed by atoms with E-state index in [9.17, 15) is 9.59 Å². The number of thioether (sulfide) groups is 1. The summed E-state index contributed by atoms with van der Waals surface area (Å²) in [5.41, 5.74) is 9.04. The van der Waals surface area contributed by atoms with Crippen molar-refractivity contribution in [3.05, 3.63) is 70.8 Å². The predicted molar refractivity (Wildman–Crippen MR) is 113 cm³/mol. The lowest BCUT2D eigenvalue weighted by molar-refractivity contribution is -0.118. The van der Waals surface area contributed by atoms with Crippen molar-refractivity contribution in [2.24, 2.45) is 10.7 Å². The Labute approximate surface area is 166 Å². The topological polar surface area (TPSA) is 89.5 Å². The van der Waals surface area contributed by atoms with E-state index >= 15 is 0 Å². The summed E-state index contributed by atoms with van der Waals surface area (Å²) in [6.07, 6.45) is 3.66. The summed E-state index contributed by atoms with van der Waals surface area (Å²) in [4.78, 5) is 28.8. The standard InChI is InChI=1S/C21H18N4O2S/c1-13-6-8-15(9-7-13)23-21-24-20(27)18(28-21)10-14-11-25(12-19(22)26)17-5-3-2-4-16(14)17/h2-11H,12H2,1H3,(H2,22,26)(H,23,24,27). The van der Waals surface area contributed by atoms with Crippen LogP contribution in [0.15, 0.2) is 64.6 Å². The average molecular weight is 390 g/mol. The summed E-state index contributed by atoms with van der Waals surface area (Å²) < 4.78 is 1.79. The van der Waals surface area contributed by atoms with Crippen molar-refractivity contribution in [3.8, 4) is 0 Å². The second-order valence-corrected chi connectivity index (χ2v) is 7.54. The maximum absolute atomic E-state index is 12.4. The third-order valence-electron chi connectivity index (χ3n) is 4.35. The first kappa shape index (κ1) is 18.1. The van der Waals surface area contributed by atoms with Gasteiger partial charge in [0, 0.05) is 22.7 Å². The average Bonchev–Trinajstić information content (AvgIpc) is 3.18. The van der Waals surface area contributed by atoms with Crippen LogP contribution in [0, 0.1) is 6.92 Å². The second-order valence-electron chi connectivity index (χ2n) is 6.51. The molecule has 0 aliphatic carbocycles. The van der Waals surface area contributed by atoms with Gasteiger partial charge in [0.25, 0.3) is 5.91 Å². The molecule has 0 atom stereocenters.